The molecule has 0 bridgehead atoms. The molecule has 3 heteroatoms. The van der Waals surface area contributed by atoms with Crippen LogP contribution in [0.5, 0.6) is 0 Å². The zero-order chi connectivity index (χ0) is 11.8. The van der Waals surface area contributed by atoms with Crippen LogP contribution in [0.25, 0.3) is 11.0 Å². The normalized spacial score (nSPS) is 8.67. The van der Waals surface area contributed by atoms with Gasteiger partial charge in [-0.15, -0.1) is 11.3 Å². The highest BCUT2D eigenvalue weighted by atomic mass is 32.1. The molecule has 0 N–H and O–H groups in total. The van der Waals surface area contributed by atoms with E-state index in [0.29, 0.717) is 0 Å². The zero-order valence-electron chi connectivity index (χ0n) is 10.5. The molecule has 0 radical (unpaired) electrons. The first-order valence-electron chi connectivity index (χ1n) is 5.46. The molecule has 0 aliphatic carbocycles. The van der Waals surface area contributed by atoms with Crippen LogP contribution in [-0.4, -0.2) is 9.97 Å². The van der Waals surface area contributed by atoms with Crippen molar-refractivity contribution in [3.05, 3.63) is 22.1 Å². The summed E-state index contributed by atoms with van der Waals surface area (Å²) in [6.45, 7) is 12.2. The summed E-state index contributed by atoms with van der Waals surface area (Å²) < 4.78 is 0. The Morgan fingerprint density at radius 1 is 0.800 bits per heavy atom. The predicted octanol–water partition coefficient (Wildman–Crippen LogP) is 4.36. The number of hydrogen-bond donors (Lipinski definition) is 0. The fourth-order valence-electron chi connectivity index (χ4n) is 1.18. The molecule has 2 aromatic rings. The number of hydrogen-bond acceptors (Lipinski definition) is 3. The van der Waals surface area contributed by atoms with Crippen LogP contribution < -0.4 is 0 Å². The third kappa shape index (κ3) is 3.27. The minimum absolute atomic E-state index is 1.05. The summed E-state index contributed by atoms with van der Waals surface area (Å²) in [4.78, 5) is 11.0. The van der Waals surface area contributed by atoms with Crippen LogP contribution in [-0.2, 0) is 0 Å². The molecule has 0 saturated carbocycles. The van der Waals surface area contributed by atoms with Gasteiger partial charge in [0.05, 0.1) is 0 Å². The highest BCUT2D eigenvalue weighted by Crippen LogP contribution is 2.25. The molecular formula is C12H20N2S. The maximum absolute atomic E-state index is 4.25. The van der Waals surface area contributed by atoms with Crippen LogP contribution >= 0.6 is 11.3 Å². The Bertz CT molecular complexity index is 357. The van der Waals surface area contributed by atoms with Gasteiger partial charge in [-0.3, -0.25) is 9.97 Å². The summed E-state index contributed by atoms with van der Waals surface area (Å²) in [6, 6.07) is 0. The maximum atomic E-state index is 4.25. The molecule has 0 fully saturated rings. The van der Waals surface area contributed by atoms with Crippen molar-refractivity contribution in [1.29, 1.82) is 0 Å². The topological polar surface area (TPSA) is 25.8 Å². The van der Waals surface area contributed by atoms with E-state index in [0.717, 1.165) is 11.0 Å². The van der Waals surface area contributed by atoms with Crippen molar-refractivity contribution in [2.75, 3.05) is 0 Å². The summed E-state index contributed by atoms with van der Waals surface area (Å²) in [6.07, 6.45) is 3.48. The summed E-state index contributed by atoms with van der Waals surface area (Å²) in [7, 11) is 0. The Morgan fingerprint density at radius 2 is 1.13 bits per heavy atom. The Kier molecular flexibility index (Phi) is 6.88. The van der Waals surface area contributed by atoms with Gasteiger partial charge < -0.3 is 0 Å². The first-order valence-corrected chi connectivity index (χ1v) is 6.27. The first kappa shape index (κ1) is 14.0. The number of thiophene rings is 1. The van der Waals surface area contributed by atoms with Gasteiger partial charge in [-0.2, -0.15) is 0 Å². The average Bonchev–Trinajstić information content (AvgIpc) is 2.61. The molecule has 0 aliphatic heterocycles. The van der Waals surface area contributed by atoms with E-state index in [1.807, 2.05) is 27.7 Å². The van der Waals surface area contributed by atoms with Crippen molar-refractivity contribution in [2.45, 2.75) is 41.5 Å². The highest BCUT2D eigenvalue weighted by molar-refractivity contribution is 7.13. The summed E-state index contributed by atoms with van der Waals surface area (Å²) in [5.41, 5.74) is 2.10. The number of rotatable bonds is 0. The molecule has 2 rings (SSSR count). The Hall–Kier alpha value is -0.960. The van der Waals surface area contributed by atoms with Crippen LogP contribution in [0.15, 0.2) is 12.4 Å². The molecule has 2 nitrogen and oxygen atoms in total. The minimum atomic E-state index is 1.05. The number of aromatic nitrogens is 2. The monoisotopic (exact) mass is 224 g/mol. The molecule has 0 atom stereocenters. The van der Waals surface area contributed by atoms with Gasteiger partial charge in [0.25, 0.3) is 0 Å². The second-order valence-electron chi connectivity index (χ2n) is 2.47. The third-order valence-electron chi connectivity index (χ3n) is 1.67. The van der Waals surface area contributed by atoms with E-state index in [-0.39, 0.29) is 0 Å². The van der Waals surface area contributed by atoms with Crippen molar-refractivity contribution in [2.24, 2.45) is 0 Å². The summed E-state index contributed by atoms with van der Waals surface area (Å²) in [5, 5.41) is 0. The number of aryl methyl sites for hydroxylation is 2. The van der Waals surface area contributed by atoms with Crippen molar-refractivity contribution in [3.63, 3.8) is 0 Å². The standard InChI is InChI=1S/C8H8N2S.2C2H6/c1-5-7-8(6(2)11-5)10-4-3-9-7;2*1-2/h3-4H,1-2H3;2*1-2H3. The fourth-order valence-corrected chi connectivity index (χ4v) is 2.13. The van der Waals surface area contributed by atoms with E-state index >= 15 is 0 Å². The smallest absolute Gasteiger partial charge is 0.103 e. The summed E-state index contributed by atoms with van der Waals surface area (Å²) >= 11 is 1.76. The zero-order valence-corrected chi connectivity index (χ0v) is 11.3. The predicted molar refractivity (Wildman–Crippen MR) is 69.6 cm³/mol. The van der Waals surface area contributed by atoms with Crippen LogP contribution in [0.3, 0.4) is 0 Å². The van der Waals surface area contributed by atoms with Crippen LogP contribution in [0.1, 0.15) is 37.4 Å². The molecule has 2 aromatic heterocycles. The highest BCUT2D eigenvalue weighted by Gasteiger charge is 2.04. The average molecular weight is 224 g/mol. The number of fused-ring (bicyclic) bond motifs is 1. The first-order chi connectivity index (χ1) is 7.29. The fraction of sp³-hybridized carbons (Fsp3) is 0.500. The Labute approximate surface area is 96.4 Å². The van der Waals surface area contributed by atoms with Crippen molar-refractivity contribution < 1.29 is 0 Å². The SMILES string of the molecule is CC.CC.Cc1sc(C)c2nccnc12. The quantitative estimate of drug-likeness (QED) is 0.664. The Balaban J connectivity index is 0.000000442. The van der Waals surface area contributed by atoms with Gasteiger partial charge in [0.15, 0.2) is 0 Å². The van der Waals surface area contributed by atoms with Crippen molar-refractivity contribution >= 4 is 22.4 Å². The van der Waals surface area contributed by atoms with Gasteiger partial charge in [-0.25, -0.2) is 0 Å². The summed E-state index contributed by atoms with van der Waals surface area (Å²) in [5.74, 6) is 0. The Morgan fingerprint density at radius 3 is 1.47 bits per heavy atom. The van der Waals surface area contributed by atoms with Crippen LogP contribution in [0.4, 0.5) is 0 Å². The van der Waals surface area contributed by atoms with Crippen molar-refractivity contribution in [3.8, 4) is 0 Å². The molecular weight excluding hydrogens is 204 g/mol. The molecule has 0 spiro atoms. The molecule has 2 heterocycles. The molecule has 0 unspecified atom stereocenters. The molecule has 0 saturated heterocycles. The maximum Gasteiger partial charge on any atom is 0.103 e. The van der Waals surface area contributed by atoms with E-state index in [2.05, 4.69) is 23.8 Å². The second kappa shape index (κ2) is 7.35. The van der Waals surface area contributed by atoms with E-state index in [4.69, 9.17) is 0 Å². The lowest BCUT2D eigenvalue weighted by molar-refractivity contribution is 1.29. The van der Waals surface area contributed by atoms with Crippen molar-refractivity contribution in [1.82, 2.24) is 9.97 Å². The van der Waals surface area contributed by atoms with Crippen LogP contribution in [0, 0.1) is 13.8 Å². The van der Waals surface area contributed by atoms with Gasteiger partial charge in [-0.05, 0) is 13.8 Å². The lowest BCUT2D eigenvalue weighted by Gasteiger charge is -1.87. The lowest BCUT2D eigenvalue weighted by atomic mass is 10.3. The van der Waals surface area contributed by atoms with E-state index in [9.17, 15) is 0 Å². The van der Waals surface area contributed by atoms with E-state index in [1.54, 1.807) is 23.7 Å². The molecule has 0 amide bonds. The van der Waals surface area contributed by atoms with E-state index in [1.165, 1.54) is 9.75 Å². The molecule has 0 aromatic carbocycles. The van der Waals surface area contributed by atoms with Gasteiger partial charge in [0.2, 0.25) is 0 Å². The number of nitrogens with zero attached hydrogens (tertiary/aromatic N) is 2. The van der Waals surface area contributed by atoms with Gasteiger partial charge in [0, 0.05) is 22.1 Å². The van der Waals surface area contributed by atoms with Gasteiger partial charge in [0.1, 0.15) is 11.0 Å². The van der Waals surface area contributed by atoms with Gasteiger partial charge in [-0.1, -0.05) is 27.7 Å². The molecule has 84 valence electrons. The largest absolute Gasteiger partial charge is 0.252 e. The lowest BCUT2D eigenvalue weighted by Crippen LogP contribution is -1.78. The molecule has 0 aliphatic rings. The minimum Gasteiger partial charge on any atom is -0.252 e. The second-order valence-corrected chi connectivity index (χ2v) is 3.90. The molecule has 15 heavy (non-hydrogen) atoms. The third-order valence-corrected chi connectivity index (χ3v) is 2.67. The van der Waals surface area contributed by atoms with E-state index < -0.39 is 0 Å². The van der Waals surface area contributed by atoms with Gasteiger partial charge >= 0.3 is 0 Å². The van der Waals surface area contributed by atoms with Crippen LogP contribution in [0.2, 0.25) is 0 Å².